The number of aryl methyl sites for hydroxylation is 2. The van der Waals surface area contributed by atoms with Crippen LogP contribution in [-0.4, -0.2) is 26.7 Å². The molecule has 0 saturated heterocycles. The van der Waals surface area contributed by atoms with E-state index in [9.17, 15) is 4.79 Å². The van der Waals surface area contributed by atoms with Crippen molar-refractivity contribution in [2.45, 2.75) is 46.2 Å². The molecule has 5 heteroatoms. The zero-order chi connectivity index (χ0) is 18.3. The quantitative estimate of drug-likeness (QED) is 0.766. The summed E-state index contributed by atoms with van der Waals surface area (Å²) in [4.78, 5) is 17.4. The van der Waals surface area contributed by atoms with Gasteiger partial charge in [-0.15, -0.1) is 0 Å². The first kappa shape index (κ1) is 16.8. The first-order valence-corrected chi connectivity index (χ1v) is 9.21. The maximum atomic E-state index is 12.8. The van der Waals surface area contributed by atoms with Crippen molar-refractivity contribution >= 4 is 16.9 Å². The third kappa shape index (κ3) is 3.34. The Morgan fingerprint density at radius 2 is 2.00 bits per heavy atom. The summed E-state index contributed by atoms with van der Waals surface area (Å²) in [5.74, 6) is 0.594. The molecule has 0 radical (unpaired) electrons. The highest BCUT2D eigenvalue weighted by Gasteiger charge is 2.29. The highest BCUT2D eigenvalue weighted by Crippen LogP contribution is 2.32. The van der Waals surface area contributed by atoms with Crippen LogP contribution in [0.15, 0.2) is 36.5 Å². The van der Waals surface area contributed by atoms with E-state index in [1.165, 1.54) is 18.4 Å². The van der Waals surface area contributed by atoms with E-state index in [1.54, 1.807) is 6.20 Å². The number of hydrogen-bond acceptors (Lipinski definition) is 3. The molecule has 1 aromatic carbocycles. The van der Waals surface area contributed by atoms with Gasteiger partial charge in [-0.2, -0.15) is 5.10 Å². The maximum Gasteiger partial charge on any atom is 0.252 e. The lowest BCUT2D eigenvalue weighted by Gasteiger charge is -2.13. The minimum atomic E-state index is -0.0326. The number of rotatable bonds is 5. The summed E-state index contributed by atoms with van der Waals surface area (Å²) < 4.78 is 1.87. The van der Waals surface area contributed by atoms with Crippen LogP contribution >= 0.6 is 0 Å². The van der Waals surface area contributed by atoms with Gasteiger partial charge in [0.2, 0.25) is 0 Å². The van der Waals surface area contributed by atoms with Gasteiger partial charge in [0.25, 0.3) is 5.91 Å². The summed E-state index contributed by atoms with van der Waals surface area (Å²) in [6.07, 6.45) is 4.17. The molecule has 1 aliphatic rings. The van der Waals surface area contributed by atoms with E-state index >= 15 is 0 Å². The zero-order valence-corrected chi connectivity index (χ0v) is 15.5. The summed E-state index contributed by atoms with van der Waals surface area (Å²) in [5, 5.41) is 8.45. The number of amides is 1. The number of fused-ring (bicyclic) bond motifs is 1. The van der Waals surface area contributed by atoms with Crippen LogP contribution < -0.4 is 5.32 Å². The van der Waals surface area contributed by atoms with Crippen molar-refractivity contribution in [3.8, 4) is 0 Å². The molecule has 1 atom stereocenters. The number of nitrogens with one attached hydrogen (secondary N) is 1. The van der Waals surface area contributed by atoms with E-state index in [0.29, 0.717) is 18.0 Å². The molecule has 0 unspecified atom stereocenters. The van der Waals surface area contributed by atoms with Crippen molar-refractivity contribution < 1.29 is 4.79 Å². The van der Waals surface area contributed by atoms with Gasteiger partial charge in [-0.05, 0) is 51.2 Å². The van der Waals surface area contributed by atoms with Gasteiger partial charge in [-0.25, -0.2) is 9.67 Å². The molecule has 1 saturated carbocycles. The lowest BCUT2D eigenvalue weighted by molar-refractivity contribution is 0.0937. The fourth-order valence-corrected chi connectivity index (χ4v) is 3.34. The number of benzene rings is 1. The highest BCUT2D eigenvalue weighted by atomic mass is 16.1. The van der Waals surface area contributed by atoms with Crippen LogP contribution in [0.5, 0.6) is 0 Å². The molecule has 5 nitrogen and oxygen atoms in total. The van der Waals surface area contributed by atoms with E-state index in [4.69, 9.17) is 0 Å². The number of carbonyl (C=O) groups excluding carboxylic acids is 1. The molecule has 1 N–H and O–H groups in total. The van der Waals surface area contributed by atoms with Gasteiger partial charge >= 0.3 is 0 Å². The molecule has 0 bridgehead atoms. The first-order valence-electron chi connectivity index (χ1n) is 9.21. The molecule has 3 aromatic rings. The van der Waals surface area contributed by atoms with Crippen LogP contribution in [0.4, 0.5) is 0 Å². The molecule has 2 heterocycles. The second kappa shape index (κ2) is 6.56. The first-order chi connectivity index (χ1) is 12.5. The van der Waals surface area contributed by atoms with Crippen LogP contribution in [0.25, 0.3) is 11.0 Å². The van der Waals surface area contributed by atoms with E-state index in [2.05, 4.69) is 53.5 Å². The monoisotopic (exact) mass is 348 g/mol. The predicted molar refractivity (Wildman–Crippen MR) is 102 cm³/mol. The largest absolute Gasteiger partial charge is 0.349 e. The van der Waals surface area contributed by atoms with Crippen molar-refractivity contribution in [1.82, 2.24) is 20.1 Å². The molecule has 2 aromatic heterocycles. The second-order valence-corrected chi connectivity index (χ2v) is 7.44. The summed E-state index contributed by atoms with van der Waals surface area (Å²) in [6.45, 7) is 6.72. The number of hydrogen-bond donors (Lipinski definition) is 1. The lowest BCUT2D eigenvalue weighted by atomic mass is 10.1. The molecule has 134 valence electrons. The zero-order valence-electron chi connectivity index (χ0n) is 15.5. The minimum Gasteiger partial charge on any atom is -0.349 e. The fraction of sp³-hybridized carbons (Fsp3) is 0.381. The summed E-state index contributed by atoms with van der Waals surface area (Å²) in [6, 6.07) is 10.5. The molecular formula is C21H24N4O. The normalized spacial score (nSPS) is 15.2. The summed E-state index contributed by atoms with van der Waals surface area (Å²) >= 11 is 0. The summed E-state index contributed by atoms with van der Waals surface area (Å²) in [7, 11) is 0. The van der Waals surface area contributed by atoms with E-state index in [1.807, 2.05) is 17.7 Å². The summed E-state index contributed by atoms with van der Waals surface area (Å²) in [5.41, 5.74) is 4.64. The minimum absolute atomic E-state index is 0.0326. The molecule has 1 fully saturated rings. The van der Waals surface area contributed by atoms with Crippen molar-refractivity contribution in [2.24, 2.45) is 5.92 Å². The van der Waals surface area contributed by atoms with Crippen LogP contribution in [0.3, 0.4) is 0 Å². The van der Waals surface area contributed by atoms with Crippen molar-refractivity contribution in [1.29, 1.82) is 0 Å². The Morgan fingerprint density at radius 1 is 1.27 bits per heavy atom. The van der Waals surface area contributed by atoms with Crippen molar-refractivity contribution in [3.05, 3.63) is 58.9 Å². The number of nitrogens with zero attached hydrogens (tertiary/aromatic N) is 3. The predicted octanol–water partition coefficient (Wildman–Crippen LogP) is 3.62. The number of carbonyl (C=O) groups is 1. The molecule has 0 spiro atoms. The van der Waals surface area contributed by atoms with Crippen LogP contribution in [0.2, 0.25) is 0 Å². The van der Waals surface area contributed by atoms with Crippen LogP contribution in [0, 0.1) is 19.8 Å². The van der Waals surface area contributed by atoms with Gasteiger partial charge in [0.15, 0.2) is 5.65 Å². The smallest absolute Gasteiger partial charge is 0.252 e. The van der Waals surface area contributed by atoms with E-state index in [-0.39, 0.29) is 11.9 Å². The Morgan fingerprint density at radius 3 is 2.69 bits per heavy atom. The molecule has 1 amide bonds. The Balaban J connectivity index is 1.66. The molecule has 0 aliphatic heterocycles. The average Bonchev–Trinajstić information content (AvgIpc) is 3.39. The molecule has 1 aliphatic carbocycles. The third-order valence-electron chi connectivity index (χ3n) is 5.12. The van der Waals surface area contributed by atoms with Gasteiger partial charge < -0.3 is 5.32 Å². The second-order valence-electron chi connectivity index (χ2n) is 7.44. The van der Waals surface area contributed by atoms with E-state index < -0.39 is 0 Å². The highest BCUT2D eigenvalue weighted by molar-refractivity contribution is 6.05. The Kier molecular flexibility index (Phi) is 4.23. The van der Waals surface area contributed by atoms with Crippen molar-refractivity contribution in [3.63, 3.8) is 0 Å². The van der Waals surface area contributed by atoms with Gasteiger partial charge in [-0.3, -0.25) is 4.79 Å². The lowest BCUT2D eigenvalue weighted by Crippen LogP contribution is -2.34. The molecular weight excluding hydrogens is 324 g/mol. The molecule has 26 heavy (non-hydrogen) atoms. The number of aromatic nitrogens is 3. The van der Waals surface area contributed by atoms with Crippen molar-refractivity contribution in [2.75, 3.05) is 0 Å². The van der Waals surface area contributed by atoms with Gasteiger partial charge in [0, 0.05) is 11.7 Å². The van der Waals surface area contributed by atoms with Gasteiger partial charge in [0.1, 0.15) is 0 Å². The van der Waals surface area contributed by atoms with Crippen LogP contribution in [-0.2, 0) is 6.54 Å². The fourth-order valence-electron chi connectivity index (χ4n) is 3.34. The molecule has 4 rings (SSSR count). The standard InChI is InChI=1S/C21H24N4O/c1-13-4-6-16(7-5-13)12-25-20-19(11-22-25)18(10-14(2)23-20)21(26)24-15(3)17-8-9-17/h4-7,10-11,15,17H,8-9,12H2,1-3H3,(H,24,26)/t15-/m0/s1. The average molecular weight is 348 g/mol. The Bertz CT molecular complexity index is 954. The Labute approximate surface area is 153 Å². The van der Waals surface area contributed by atoms with Gasteiger partial charge in [0.05, 0.1) is 23.7 Å². The maximum absolute atomic E-state index is 12.8. The van der Waals surface area contributed by atoms with Gasteiger partial charge in [-0.1, -0.05) is 29.8 Å². The third-order valence-corrected chi connectivity index (χ3v) is 5.12. The van der Waals surface area contributed by atoms with Crippen LogP contribution in [0.1, 0.15) is 46.9 Å². The SMILES string of the molecule is Cc1ccc(Cn2ncc3c(C(=O)N[C@@H](C)C4CC4)cc(C)nc32)cc1. The Hall–Kier alpha value is -2.69. The topological polar surface area (TPSA) is 59.8 Å². The number of pyridine rings is 1. The van der Waals surface area contributed by atoms with E-state index in [0.717, 1.165) is 22.3 Å².